The lowest BCUT2D eigenvalue weighted by molar-refractivity contribution is 0.144. The molecule has 1 fully saturated rings. The third-order valence-electron chi connectivity index (χ3n) is 3.37. The predicted molar refractivity (Wildman–Crippen MR) is 65.0 cm³/mol. The smallest absolute Gasteiger partial charge is 0.119 e. The first kappa shape index (κ1) is 9.73. The van der Waals surface area contributed by atoms with Crippen molar-refractivity contribution in [2.75, 3.05) is 27.2 Å². The number of methoxy groups -OCH3 is 1. The molecule has 84 valence electrons. The third kappa shape index (κ3) is 1.39. The zero-order valence-electron chi connectivity index (χ0n) is 9.68. The normalized spacial score (nSPS) is 17.6. The van der Waals surface area contributed by atoms with Crippen molar-refractivity contribution in [2.24, 2.45) is 0 Å². The lowest BCUT2D eigenvalue weighted by Gasteiger charge is -2.37. The maximum Gasteiger partial charge on any atom is 0.119 e. The number of likely N-dealkylation sites (N-methyl/N-ethyl adjacent to an activating group) is 1. The molecule has 0 unspecified atom stereocenters. The van der Waals surface area contributed by atoms with E-state index in [0.717, 1.165) is 18.8 Å². The van der Waals surface area contributed by atoms with Crippen LogP contribution in [0.1, 0.15) is 6.04 Å². The largest absolute Gasteiger partial charge is 0.497 e. The van der Waals surface area contributed by atoms with Gasteiger partial charge in [-0.1, -0.05) is 0 Å². The van der Waals surface area contributed by atoms with Crippen LogP contribution in [0.5, 0.6) is 5.75 Å². The minimum atomic E-state index is 0.635. The van der Waals surface area contributed by atoms with Crippen LogP contribution in [0.25, 0.3) is 10.9 Å². The number of aromatic nitrogens is 1. The SMILES string of the molecule is COc1ccc2c(ccn2C2CN(C)C2)c1. The molecule has 0 spiro atoms. The zero-order chi connectivity index (χ0) is 11.1. The van der Waals surface area contributed by atoms with E-state index in [9.17, 15) is 0 Å². The summed E-state index contributed by atoms with van der Waals surface area (Å²) < 4.78 is 7.60. The summed E-state index contributed by atoms with van der Waals surface area (Å²) in [5, 5.41) is 1.26. The van der Waals surface area contributed by atoms with Crippen molar-refractivity contribution in [3.05, 3.63) is 30.5 Å². The molecule has 0 aliphatic carbocycles. The summed E-state index contributed by atoms with van der Waals surface area (Å²) in [4.78, 5) is 2.33. The van der Waals surface area contributed by atoms with Crippen LogP contribution in [0.2, 0.25) is 0 Å². The number of hydrogen-bond acceptors (Lipinski definition) is 2. The molecule has 3 nitrogen and oxygen atoms in total. The fraction of sp³-hybridized carbons (Fsp3) is 0.385. The topological polar surface area (TPSA) is 17.4 Å². The van der Waals surface area contributed by atoms with Crippen molar-refractivity contribution in [1.82, 2.24) is 9.47 Å². The minimum absolute atomic E-state index is 0.635. The van der Waals surface area contributed by atoms with Crippen molar-refractivity contribution >= 4 is 10.9 Å². The number of benzene rings is 1. The molecule has 1 aliphatic rings. The third-order valence-corrected chi connectivity index (χ3v) is 3.37. The van der Waals surface area contributed by atoms with Crippen LogP contribution in [0.4, 0.5) is 0 Å². The van der Waals surface area contributed by atoms with E-state index in [-0.39, 0.29) is 0 Å². The number of fused-ring (bicyclic) bond motifs is 1. The Kier molecular flexibility index (Phi) is 2.14. The maximum absolute atomic E-state index is 5.23. The number of ether oxygens (including phenoxy) is 1. The first-order valence-electron chi connectivity index (χ1n) is 5.61. The van der Waals surface area contributed by atoms with Gasteiger partial charge in [-0.25, -0.2) is 0 Å². The van der Waals surface area contributed by atoms with Gasteiger partial charge in [0.05, 0.1) is 13.2 Å². The van der Waals surface area contributed by atoms with E-state index >= 15 is 0 Å². The Labute approximate surface area is 95.2 Å². The van der Waals surface area contributed by atoms with Crippen LogP contribution < -0.4 is 4.74 Å². The van der Waals surface area contributed by atoms with Crippen molar-refractivity contribution in [2.45, 2.75) is 6.04 Å². The first-order valence-corrected chi connectivity index (χ1v) is 5.61. The second-order valence-corrected chi connectivity index (χ2v) is 4.52. The Morgan fingerprint density at radius 2 is 2.06 bits per heavy atom. The minimum Gasteiger partial charge on any atom is -0.497 e. The molecule has 1 aromatic carbocycles. The maximum atomic E-state index is 5.23. The highest BCUT2D eigenvalue weighted by Crippen LogP contribution is 2.28. The van der Waals surface area contributed by atoms with Gasteiger partial charge in [-0.2, -0.15) is 0 Å². The molecule has 1 aromatic heterocycles. The highest BCUT2D eigenvalue weighted by Gasteiger charge is 2.25. The molecule has 1 aliphatic heterocycles. The molecule has 1 saturated heterocycles. The van der Waals surface area contributed by atoms with Gasteiger partial charge < -0.3 is 14.2 Å². The fourth-order valence-electron chi connectivity index (χ4n) is 2.43. The number of likely N-dealkylation sites (tertiary alicyclic amines) is 1. The highest BCUT2D eigenvalue weighted by molar-refractivity contribution is 5.81. The first-order chi connectivity index (χ1) is 7.78. The van der Waals surface area contributed by atoms with Crippen LogP contribution in [0.3, 0.4) is 0 Å². The standard InChI is InChI=1S/C13H16N2O/c1-14-8-11(9-14)15-6-5-10-7-12(16-2)3-4-13(10)15/h3-7,11H,8-9H2,1-2H3. The van der Waals surface area contributed by atoms with Crippen LogP contribution in [0.15, 0.2) is 30.5 Å². The Balaban J connectivity index is 2.01. The Morgan fingerprint density at radius 3 is 2.75 bits per heavy atom. The van der Waals surface area contributed by atoms with Gasteiger partial charge in [0, 0.05) is 30.2 Å². The van der Waals surface area contributed by atoms with Crippen molar-refractivity contribution in [1.29, 1.82) is 0 Å². The van der Waals surface area contributed by atoms with Crippen LogP contribution in [-0.4, -0.2) is 36.7 Å². The highest BCUT2D eigenvalue weighted by atomic mass is 16.5. The average molecular weight is 216 g/mol. The number of rotatable bonds is 2. The van der Waals surface area contributed by atoms with E-state index in [1.54, 1.807) is 7.11 Å². The molecular weight excluding hydrogens is 200 g/mol. The average Bonchev–Trinajstić information content (AvgIpc) is 2.67. The Hall–Kier alpha value is -1.48. The summed E-state index contributed by atoms with van der Waals surface area (Å²) in [6, 6.07) is 9.06. The molecule has 3 rings (SSSR count). The summed E-state index contributed by atoms with van der Waals surface area (Å²) in [5.41, 5.74) is 1.30. The van der Waals surface area contributed by atoms with Gasteiger partial charge in [-0.05, 0) is 31.3 Å². The molecule has 0 atom stereocenters. The van der Waals surface area contributed by atoms with Crippen molar-refractivity contribution in [3.63, 3.8) is 0 Å². The quantitative estimate of drug-likeness (QED) is 0.765. The fourth-order valence-corrected chi connectivity index (χ4v) is 2.43. The lowest BCUT2D eigenvalue weighted by atomic mass is 10.1. The van der Waals surface area contributed by atoms with Crippen LogP contribution >= 0.6 is 0 Å². The van der Waals surface area contributed by atoms with Gasteiger partial charge in [0.25, 0.3) is 0 Å². The second kappa shape index (κ2) is 3.52. The Bertz CT molecular complexity index is 512. The van der Waals surface area contributed by atoms with E-state index in [1.165, 1.54) is 10.9 Å². The monoisotopic (exact) mass is 216 g/mol. The summed E-state index contributed by atoms with van der Waals surface area (Å²) in [6.07, 6.45) is 2.18. The predicted octanol–water partition coefficient (Wildman–Crippen LogP) is 2.14. The van der Waals surface area contributed by atoms with Gasteiger partial charge >= 0.3 is 0 Å². The van der Waals surface area contributed by atoms with E-state index < -0.39 is 0 Å². The molecular formula is C13H16N2O. The molecule has 2 aromatic rings. The molecule has 0 bridgehead atoms. The zero-order valence-corrected chi connectivity index (χ0v) is 9.68. The van der Waals surface area contributed by atoms with Gasteiger partial charge in [0.15, 0.2) is 0 Å². The van der Waals surface area contributed by atoms with Gasteiger partial charge in [-0.3, -0.25) is 0 Å². The Morgan fingerprint density at radius 1 is 1.25 bits per heavy atom. The summed E-state index contributed by atoms with van der Waals surface area (Å²) in [7, 11) is 3.87. The molecule has 0 saturated carbocycles. The van der Waals surface area contributed by atoms with E-state index in [1.807, 2.05) is 6.07 Å². The molecule has 3 heteroatoms. The van der Waals surface area contributed by atoms with E-state index in [0.29, 0.717) is 6.04 Å². The van der Waals surface area contributed by atoms with Crippen LogP contribution in [0, 0.1) is 0 Å². The van der Waals surface area contributed by atoms with Crippen molar-refractivity contribution in [3.8, 4) is 5.75 Å². The number of nitrogens with zero attached hydrogens (tertiary/aromatic N) is 2. The van der Waals surface area contributed by atoms with Crippen LogP contribution in [-0.2, 0) is 0 Å². The molecule has 0 radical (unpaired) electrons. The summed E-state index contributed by atoms with van der Waals surface area (Å²) >= 11 is 0. The van der Waals surface area contributed by atoms with Crippen molar-refractivity contribution < 1.29 is 4.74 Å². The molecule has 16 heavy (non-hydrogen) atoms. The molecule has 2 heterocycles. The summed E-state index contributed by atoms with van der Waals surface area (Å²) in [5.74, 6) is 0.927. The summed E-state index contributed by atoms with van der Waals surface area (Å²) in [6.45, 7) is 2.30. The number of hydrogen-bond donors (Lipinski definition) is 0. The van der Waals surface area contributed by atoms with Gasteiger partial charge in [0.2, 0.25) is 0 Å². The van der Waals surface area contributed by atoms with Gasteiger partial charge in [0.1, 0.15) is 5.75 Å². The van der Waals surface area contributed by atoms with E-state index in [2.05, 4.69) is 40.9 Å². The second-order valence-electron chi connectivity index (χ2n) is 4.52. The van der Waals surface area contributed by atoms with Gasteiger partial charge in [-0.15, -0.1) is 0 Å². The molecule has 0 N–H and O–H groups in total. The molecule has 0 amide bonds. The van der Waals surface area contributed by atoms with E-state index in [4.69, 9.17) is 4.74 Å². The lowest BCUT2D eigenvalue weighted by Crippen LogP contribution is -2.44.